The Labute approximate surface area is 174 Å². The van der Waals surface area contributed by atoms with Crippen LogP contribution in [0.5, 0.6) is 0 Å². The zero-order valence-electron chi connectivity index (χ0n) is 18.0. The molecule has 1 aliphatic heterocycles. The monoisotopic (exact) mass is 401 g/mol. The molecule has 0 spiro atoms. The summed E-state index contributed by atoms with van der Waals surface area (Å²) in [5.74, 6) is 0.180. The Hall–Kier alpha value is -2.08. The summed E-state index contributed by atoms with van der Waals surface area (Å²) >= 11 is 0. The van der Waals surface area contributed by atoms with Gasteiger partial charge in [-0.05, 0) is 57.9 Å². The molecule has 1 saturated carbocycles. The number of hydrogen-bond acceptors (Lipinski definition) is 4. The lowest BCUT2D eigenvalue weighted by Gasteiger charge is -2.35. The van der Waals surface area contributed by atoms with E-state index in [-0.39, 0.29) is 30.6 Å². The second-order valence-corrected chi connectivity index (χ2v) is 8.37. The molecule has 160 valence electrons. The summed E-state index contributed by atoms with van der Waals surface area (Å²) in [5.41, 5.74) is 1.53. The Balaban J connectivity index is 1.53. The van der Waals surface area contributed by atoms with Crippen molar-refractivity contribution in [2.75, 3.05) is 31.5 Å². The van der Waals surface area contributed by atoms with Crippen LogP contribution in [0.15, 0.2) is 24.3 Å². The SMILES string of the molecule is CCN(C(=O)CNc1ccc(C(=O)N2CC(C)OC(C)C2)cc1)C1CCCCC1. The standard InChI is InChI=1S/C23H35N3O3/c1-4-26(21-8-6-5-7-9-21)22(27)14-24-20-12-10-19(11-13-20)23(28)25-15-17(2)29-18(3)16-25/h10-13,17-18,21,24H,4-9,14-16H2,1-3H3. The van der Waals surface area contributed by atoms with Gasteiger partial charge in [-0.15, -0.1) is 0 Å². The van der Waals surface area contributed by atoms with Gasteiger partial charge < -0.3 is 19.9 Å². The third-order valence-corrected chi connectivity index (χ3v) is 5.96. The van der Waals surface area contributed by atoms with Crippen molar-refractivity contribution in [3.63, 3.8) is 0 Å². The number of carbonyl (C=O) groups is 2. The van der Waals surface area contributed by atoms with E-state index in [0.29, 0.717) is 24.7 Å². The first-order valence-electron chi connectivity index (χ1n) is 11.1. The van der Waals surface area contributed by atoms with Gasteiger partial charge in [0, 0.05) is 36.9 Å². The van der Waals surface area contributed by atoms with E-state index < -0.39 is 0 Å². The first-order valence-corrected chi connectivity index (χ1v) is 11.1. The van der Waals surface area contributed by atoms with E-state index in [1.807, 2.05) is 47.9 Å². The quantitative estimate of drug-likeness (QED) is 0.792. The van der Waals surface area contributed by atoms with Crippen LogP contribution in [0.3, 0.4) is 0 Å². The predicted octanol–water partition coefficient (Wildman–Crippen LogP) is 3.53. The van der Waals surface area contributed by atoms with Crippen molar-refractivity contribution in [1.29, 1.82) is 0 Å². The number of nitrogens with one attached hydrogen (secondary N) is 1. The number of carbonyl (C=O) groups excluding carboxylic acids is 2. The van der Waals surface area contributed by atoms with Gasteiger partial charge in [0.15, 0.2) is 0 Å². The summed E-state index contributed by atoms with van der Waals surface area (Å²) in [6.07, 6.45) is 6.08. The van der Waals surface area contributed by atoms with Gasteiger partial charge >= 0.3 is 0 Å². The summed E-state index contributed by atoms with van der Waals surface area (Å²) in [4.78, 5) is 29.3. The van der Waals surface area contributed by atoms with Crippen LogP contribution in [0.2, 0.25) is 0 Å². The van der Waals surface area contributed by atoms with Crippen LogP contribution in [0.4, 0.5) is 5.69 Å². The number of amides is 2. The fourth-order valence-electron chi connectivity index (χ4n) is 4.57. The van der Waals surface area contributed by atoms with Gasteiger partial charge in [0.2, 0.25) is 5.91 Å². The number of rotatable bonds is 6. The van der Waals surface area contributed by atoms with Crippen molar-refractivity contribution in [3.05, 3.63) is 29.8 Å². The third kappa shape index (κ3) is 5.72. The molecule has 1 aromatic rings. The molecule has 6 nitrogen and oxygen atoms in total. The Morgan fingerprint density at radius 3 is 2.28 bits per heavy atom. The molecular weight excluding hydrogens is 366 g/mol. The van der Waals surface area contributed by atoms with E-state index in [9.17, 15) is 9.59 Å². The fraction of sp³-hybridized carbons (Fsp3) is 0.652. The molecule has 29 heavy (non-hydrogen) atoms. The third-order valence-electron chi connectivity index (χ3n) is 5.96. The Bertz CT molecular complexity index is 675. The van der Waals surface area contributed by atoms with Crippen molar-refractivity contribution in [2.24, 2.45) is 0 Å². The molecular formula is C23H35N3O3. The van der Waals surface area contributed by atoms with E-state index in [1.54, 1.807) is 0 Å². The van der Waals surface area contributed by atoms with E-state index in [4.69, 9.17) is 4.74 Å². The maximum atomic E-state index is 12.8. The minimum atomic E-state index is 0.0316. The molecule has 2 atom stereocenters. The van der Waals surface area contributed by atoms with E-state index in [1.165, 1.54) is 19.3 Å². The molecule has 2 fully saturated rings. The van der Waals surface area contributed by atoms with Crippen molar-refractivity contribution >= 4 is 17.5 Å². The first-order chi connectivity index (χ1) is 14.0. The molecule has 1 aromatic carbocycles. The van der Waals surface area contributed by atoms with Gasteiger partial charge in [0.05, 0.1) is 18.8 Å². The smallest absolute Gasteiger partial charge is 0.254 e. The largest absolute Gasteiger partial charge is 0.376 e. The molecule has 1 N–H and O–H groups in total. The average Bonchev–Trinajstić information content (AvgIpc) is 2.73. The maximum absolute atomic E-state index is 12.8. The highest BCUT2D eigenvalue weighted by Crippen LogP contribution is 2.23. The van der Waals surface area contributed by atoms with Gasteiger partial charge in [-0.3, -0.25) is 9.59 Å². The minimum absolute atomic E-state index is 0.0316. The van der Waals surface area contributed by atoms with Crippen LogP contribution < -0.4 is 5.32 Å². The molecule has 0 radical (unpaired) electrons. The molecule has 3 rings (SSSR count). The Kier molecular flexibility index (Phi) is 7.53. The predicted molar refractivity (Wildman–Crippen MR) is 115 cm³/mol. The number of hydrogen-bond donors (Lipinski definition) is 1. The number of nitrogens with zero attached hydrogens (tertiary/aromatic N) is 2. The normalized spacial score (nSPS) is 22.9. The van der Waals surface area contributed by atoms with Gasteiger partial charge in [-0.25, -0.2) is 0 Å². The maximum Gasteiger partial charge on any atom is 0.254 e. The zero-order chi connectivity index (χ0) is 20.8. The molecule has 1 heterocycles. The molecule has 0 bridgehead atoms. The lowest BCUT2D eigenvalue weighted by Crippen LogP contribution is -2.48. The first kappa shape index (κ1) is 21.6. The highest BCUT2D eigenvalue weighted by Gasteiger charge is 2.27. The Morgan fingerprint density at radius 1 is 1.07 bits per heavy atom. The van der Waals surface area contributed by atoms with Gasteiger partial charge in [-0.2, -0.15) is 0 Å². The lowest BCUT2D eigenvalue weighted by atomic mass is 9.94. The summed E-state index contributed by atoms with van der Waals surface area (Å²) in [7, 11) is 0. The molecule has 1 aliphatic carbocycles. The summed E-state index contributed by atoms with van der Waals surface area (Å²) in [6, 6.07) is 7.81. The summed E-state index contributed by atoms with van der Waals surface area (Å²) in [5, 5.41) is 3.22. The molecule has 1 saturated heterocycles. The van der Waals surface area contributed by atoms with E-state index >= 15 is 0 Å². The van der Waals surface area contributed by atoms with E-state index in [2.05, 4.69) is 12.2 Å². The molecule has 2 aliphatic rings. The number of anilines is 1. The molecule has 2 amide bonds. The topological polar surface area (TPSA) is 61.9 Å². The number of ether oxygens (including phenoxy) is 1. The van der Waals surface area contributed by atoms with Crippen molar-refractivity contribution in [1.82, 2.24) is 9.80 Å². The molecule has 2 unspecified atom stereocenters. The molecule has 0 aromatic heterocycles. The van der Waals surface area contributed by atoms with Crippen LogP contribution in [0.1, 0.15) is 63.2 Å². The van der Waals surface area contributed by atoms with Gasteiger partial charge in [0.1, 0.15) is 0 Å². The highest BCUT2D eigenvalue weighted by molar-refractivity contribution is 5.94. The Morgan fingerprint density at radius 2 is 1.69 bits per heavy atom. The number of likely N-dealkylation sites (N-methyl/N-ethyl adjacent to an activating group) is 1. The van der Waals surface area contributed by atoms with Gasteiger partial charge in [0.25, 0.3) is 5.91 Å². The van der Waals surface area contributed by atoms with Gasteiger partial charge in [-0.1, -0.05) is 19.3 Å². The van der Waals surface area contributed by atoms with Crippen molar-refractivity contribution in [2.45, 2.75) is 71.1 Å². The minimum Gasteiger partial charge on any atom is -0.376 e. The molecule has 6 heteroatoms. The summed E-state index contributed by atoms with van der Waals surface area (Å²) < 4.78 is 5.71. The van der Waals surface area contributed by atoms with Crippen LogP contribution in [0, 0.1) is 0 Å². The second-order valence-electron chi connectivity index (χ2n) is 8.37. The highest BCUT2D eigenvalue weighted by atomic mass is 16.5. The zero-order valence-corrected chi connectivity index (χ0v) is 18.0. The van der Waals surface area contributed by atoms with Crippen LogP contribution in [0.25, 0.3) is 0 Å². The fourth-order valence-corrected chi connectivity index (χ4v) is 4.57. The number of benzene rings is 1. The van der Waals surface area contributed by atoms with E-state index in [0.717, 1.165) is 25.1 Å². The lowest BCUT2D eigenvalue weighted by molar-refractivity contribution is -0.132. The van der Waals surface area contributed by atoms with Crippen molar-refractivity contribution < 1.29 is 14.3 Å². The second kappa shape index (κ2) is 10.1. The van der Waals surface area contributed by atoms with Crippen molar-refractivity contribution in [3.8, 4) is 0 Å². The van der Waals surface area contributed by atoms with Crippen LogP contribution in [-0.4, -0.2) is 66.0 Å². The average molecular weight is 402 g/mol. The number of morpholine rings is 1. The van der Waals surface area contributed by atoms with Crippen LogP contribution >= 0.6 is 0 Å². The van der Waals surface area contributed by atoms with Crippen LogP contribution in [-0.2, 0) is 9.53 Å². The summed E-state index contributed by atoms with van der Waals surface area (Å²) in [6.45, 7) is 8.32.